The van der Waals surface area contributed by atoms with Gasteiger partial charge in [0, 0.05) is 10.4 Å². The lowest BCUT2D eigenvalue weighted by molar-refractivity contribution is -0.118. The second-order valence-corrected chi connectivity index (χ2v) is 8.86. The van der Waals surface area contributed by atoms with E-state index in [-0.39, 0.29) is 23.6 Å². The summed E-state index contributed by atoms with van der Waals surface area (Å²) in [6, 6.07) is 17.0. The first-order valence-corrected chi connectivity index (χ1v) is 11.5. The fraction of sp³-hybridized carbons (Fsp3) is 0.231. The van der Waals surface area contributed by atoms with Crippen LogP contribution >= 0.6 is 11.3 Å². The summed E-state index contributed by atoms with van der Waals surface area (Å²) in [4.78, 5) is 27.0. The Hall–Kier alpha value is -3.38. The third kappa shape index (κ3) is 5.08. The van der Waals surface area contributed by atoms with E-state index in [1.807, 2.05) is 54.8 Å². The number of hydrogen-bond acceptors (Lipinski definition) is 4. The molecule has 0 saturated heterocycles. The molecule has 32 heavy (non-hydrogen) atoms. The number of thiophene rings is 1. The van der Waals surface area contributed by atoms with Crippen molar-refractivity contribution in [2.75, 3.05) is 7.11 Å². The quantitative estimate of drug-likeness (QED) is 0.522. The van der Waals surface area contributed by atoms with Gasteiger partial charge in [-0.1, -0.05) is 29.8 Å². The van der Waals surface area contributed by atoms with Crippen LogP contribution in [-0.4, -0.2) is 18.9 Å². The second-order valence-electron chi connectivity index (χ2n) is 7.88. The van der Waals surface area contributed by atoms with E-state index >= 15 is 0 Å². The standard InChI is InChI=1S/C26H26N2O3S/c1-17-8-10-18(11-9-17)25(29)28-24(16-21-6-4-14-32-21)26(30)27-23-7-3-5-19-15-20(31-2)12-13-22(19)23/h4,6,8-16,23H,3,5,7H2,1-2H3,(H,27,30)(H,28,29)/b24-16-/t23-/m0/s1. The van der Waals surface area contributed by atoms with E-state index in [2.05, 4.69) is 10.6 Å². The van der Waals surface area contributed by atoms with Gasteiger partial charge in [0.15, 0.2) is 0 Å². The molecule has 1 aromatic heterocycles. The highest BCUT2D eigenvalue weighted by Gasteiger charge is 2.24. The summed E-state index contributed by atoms with van der Waals surface area (Å²) < 4.78 is 5.34. The molecular formula is C26H26N2O3S. The number of carbonyl (C=O) groups excluding carboxylic acids is 2. The summed E-state index contributed by atoms with van der Waals surface area (Å²) in [5.41, 5.74) is 4.11. The Morgan fingerprint density at radius 1 is 1.12 bits per heavy atom. The number of rotatable bonds is 6. The average Bonchev–Trinajstić information content (AvgIpc) is 3.32. The number of carbonyl (C=O) groups is 2. The normalized spacial score (nSPS) is 15.6. The van der Waals surface area contributed by atoms with Gasteiger partial charge in [-0.05, 0) is 79.1 Å². The first kappa shape index (κ1) is 21.8. The molecular weight excluding hydrogens is 420 g/mol. The van der Waals surface area contributed by atoms with Crippen LogP contribution in [-0.2, 0) is 11.2 Å². The molecule has 0 fully saturated rings. The average molecular weight is 447 g/mol. The zero-order valence-electron chi connectivity index (χ0n) is 18.2. The van der Waals surface area contributed by atoms with Gasteiger partial charge >= 0.3 is 0 Å². The molecule has 0 aliphatic heterocycles. The van der Waals surface area contributed by atoms with Crippen LogP contribution in [0.15, 0.2) is 65.7 Å². The number of benzene rings is 2. The van der Waals surface area contributed by atoms with Gasteiger partial charge in [-0.2, -0.15) is 0 Å². The molecule has 0 radical (unpaired) electrons. The summed E-state index contributed by atoms with van der Waals surface area (Å²) in [6.45, 7) is 1.97. The van der Waals surface area contributed by atoms with Gasteiger partial charge in [0.2, 0.25) is 0 Å². The fourth-order valence-electron chi connectivity index (χ4n) is 3.88. The number of nitrogens with one attached hydrogen (secondary N) is 2. The van der Waals surface area contributed by atoms with Gasteiger partial charge in [-0.25, -0.2) is 0 Å². The van der Waals surface area contributed by atoms with Crippen LogP contribution in [0.5, 0.6) is 5.75 Å². The molecule has 0 unspecified atom stereocenters. The van der Waals surface area contributed by atoms with E-state index < -0.39 is 0 Å². The Kier molecular flexibility index (Phi) is 6.71. The molecule has 5 nitrogen and oxygen atoms in total. The lowest BCUT2D eigenvalue weighted by Gasteiger charge is -2.27. The Bertz CT molecular complexity index is 1130. The minimum absolute atomic E-state index is 0.111. The molecule has 2 aromatic carbocycles. The maximum absolute atomic E-state index is 13.3. The highest BCUT2D eigenvalue weighted by molar-refractivity contribution is 7.10. The zero-order chi connectivity index (χ0) is 22.5. The minimum atomic E-state index is -0.309. The Labute approximate surface area is 192 Å². The lowest BCUT2D eigenvalue weighted by Crippen LogP contribution is -2.37. The topological polar surface area (TPSA) is 67.4 Å². The number of aryl methyl sites for hydroxylation is 2. The van der Waals surface area contributed by atoms with Crippen molar-refractivity contribution in [3.63, 3.8) is 0 Å². The molecule has 3 aromatic rings. The van der Waals surface area contributed by atoms with Crippen molar-refractivity contribution in [2.45, 2.75) is 32.2 Å². The summed E-state index contributed by atoms with van der Waals surface area (Å²) in [5, 5.41) is 7.89. The number of amides is 2. The largest absolute Gasteiger partial charge is 0.497 e. The molecule has 2 amide bonds. The predicted molar refractivity (Wildman–Crippen MR) is 128 cm³/mol. The van der Waals surface area contributed by atoms with Crippen LogP contribution in [0.2, 0.25) is 0 Å². The first-order valence-electron chi connectivity index (χ1n) is 10.6. The van der Waals surface area contributed by atoms with Gasteiger partial charge in [-0.15, -0.1) is 11.3 Å². The number of methoxy groups -OCH3 is 1. The number of hydrogen-bond donors (Lipinski definition) is 2. The van der Waals surface area contributed by atoms with Crippen molar-refractivity contribution in [1.82, 2.24) is 10.6 Å². The first-order chi connectivity index (χ1) is 15.5. The molecule has 1 heterocycles. The minimum Gasteiger partial charge on any atom is -0.497 e. The second kappa shape index (κ2) is 9.83. The van der Waals surface area contributed by atoms with Crippen LogP contribution in [0, 0.1) is 6.92 Å². The van der Waals surface area contributed by atoms with E-state index in [0.717, 1.165) is 41.0 Å². The molecule has 0 saturated carbocycles. The van der Waals surface area contributed by atoms with E-state index in [1.54, 1.807) is 25.3 Å². The van der Waals surface area contributed by atoms with Gasteiger partial charge in [0.05, 0.1) is 13.2 Å². The van der Waals surface area contributed by atoms with Gasteiger partial charge in [-0.3, -0.25) is 9.59 Å². The highest BCUT2D eigenvalue weighted by atomic mass is 32.1. The highest BCUT2D eigenvalue weighted by Crippen LogP contribution is 2.32. The Morgan fingerprint density at radius 3 is 2.66 bits per heavy atom. The molecule has 6 heteroatoms. The predicted octanol–water partition coefficient (Wildman–Crippen LogP) is 5.03. The van der Waals surface area contributed by atoms with E-state index in [4.69, 9.17) is 4.74 Å². The van der Waals surface area contributed by atoms with E-state index in [1.165, 1.54) is 16.9 Å². The molecule has 1 aliphatic carbocycles. The van der Waals surface area contributed by atoms with Crippen molar-refractivity contribution in [1.29, 1.82) is 0 Å². The Balaban J connectivity index is 1.56. The third-order valence-corrected chi connectivity index (χ3v) is 6.43. The Morgan fingerprint density at radius 2 is 1.94 bits per heavy atom. The maximum atomic E-state index is 13.3. The van der Waals surface area contributed by atoms with Crippen molar-refractivity contribution in [3.8, 4) is 5.75 Å². The van der Waals surface area contributed by atoms with Gasteiger partial charge < -0.3 is 15.4 Å². The van der Waals surface area contributed by atoms with Crippen LogP contribution in [0.25, 0.3) is 6.08 Å². The van der Waals surface area contributed by atoms with Gasteiger partial charge in [0.1, 0.15) is 11.4 Å². The maximum Gasteiger partial charge on any atom is 0.268 e. The SMILES string of the molecule is COc1ccc2c(c1)CCC[C@@H]2NC(=O)/C(=C/c1cccs1)NC(=O)c1ccc(C)cc1. The molecule has 0 bridgehead atoms. The molecule has 1 aliphatic rings. The smallest absolute Gasteiger partial charge is 0.268 e. The van der Waals surface area contributed by atoms with Crippen LogP contribution in [0.1, 0.15) is 50.8 Å². The molecule has 0 spiro atoms. The van der Waals surface area contributed by atoms with Crippen molar-refractivity contribution < 1.29 is 14.3 Å². The van der Waals surface area contributed by atoms with Crippen LogP contribution < -0.4 is 15.4 Å². The summed E-state index contributed by atoms with van der Waals surface area (Å²) in [5.74, 6) is 0.212. The summed E-state index contributed by atoms with van der Waals surface area (Å²) in [6.07, 6.45) is 4.51. The molecule has 4 rings (SSSR count). The molecule has 1 atom stereocenters. The van der Waals surface area contributed by atoms with E-state index in [0.29, 0.717) is 5.56 Å². The molecule has 164 valence electrons. The zero-order valence-corrected chi connectivity index (χ0v) is 19.0. The molecule has 2 N–H and O–H groups in total. The van der Waals surface area contributed by atoms with Gasteiger partial charge in [0.25, 0.3) is 11.8 Å². The van der Waals surface area contributed by atoms with Crippen molar-refractivity contribution in [3.05, 3.63) is 92.8 Å². The van der Waals surface area contributed by atoms with E-state index in [9.17, 15) is 9.59 Å². The third-order valence-electron chi connectivity index (χ3n) is 5.61. The summed E-state index contributed by atoms with van der Waals surface area (Å²) in [7, 11) is 1.65. The van der Waals surface area contributed by atoms with Crippen molar-refractivity contribution in [2.24, 2.45) is 0 Å². The lowest BCUT2D eigenvalue weighted by atomic mass is 9.87. The number of fused-ring (bicyclic) bond motifs is 1. The summed E-state index contributed by atoms with van der Waals surface area (Å²) >= 11 is 1.51. The monoisotopic (exact) mass is 446 g/mol. The van der Waals surface area contributed by atoms with Crippen LogP contribution in [0.4, 0.5) is 0 Å². The van der Waals surface area contributed by atoms with Crippen molar-refractivity contribution >= 4 is 29.2 Å². The number of ether oxygens (including phenoxy) is 1. The van der Waals surface area contributed by atoms with Crippen LogP contribution in [0.3, 0.4) is 0 Å². The fourth-order valence-corrected chi connectivity index (χ4v) is 4.53.